The first-order valence-electron chi connectivity index (χ1n) is 6.25. The molecule has 1 aromatic carbocycles. The van der Waals surface area contributed by atoms with E-state index in [4.69, 9.17) is 13.7 Å². The summed E-state index contributed by atoms with van der Waals surface area (Å²) >= 11 is 0. The molecule has 3 rings (SSSR count). The van der Waals surface area contributed by atoms with Crippen molar-refractivity contribution in [3.63, 3.8) is 0 Å². The third kappa shape index (κ3) is 2.66. The van der Waals surface area contributed by atoms with Crippen molar-refractivity contribution in [2.24, 2.45) is 0 Å². The van der Waals surface area contributed by atoms with Gasteiger partial charge in [-0.3, -0.25) is 0 Å². The quantitative estimate of drug-likeness (QED) is 0.768. The number of nitrogens with zero attached hydrogens (tertiary/aromatic N) is 1. The summed E-state index contributed by atoms with van der Waals surface area (Å²) in [6.07, 6.45) is 1.59. The first kappa shape index (κ1) is 12.3. The third-order valence-electron chi connectivity index (χ3n) is 2.85. The highest BCUT2D eigenvalue weighted by Crippen LogP contribution is 2.21. The molecule has 0 aliphatic heterocycles. The van der Waals surface area contributed by atoms with E-state index in [0.29, 0.717) is 23.8 Å². The zero-order chi connectivity index (χ0) is 13.8. The zero-order valence-corrected chi connectivity index (χ0v) is 11.0. The number of rotatable bonds is 5. The average Bonchev–Trinajstić information content (AvgIpc) is 3.16. The highest BCUT2D eigenvalue weighted by molar-refractivity contribution is 5.49. The van der Waals surface area contributed by atoms with Crippen LogP contribution in [0.1, 0.15) is 5.69 Å². The largest absolute Gasteiger partial charge is 0.487 e. The van der Waals surface area contributed by atoms with Crippen molar-refractivity contribution in [1.29, 1.82) is 0 Å². The molecule has 0 unspecified atom stereocenters. The van der Waals surface area contributed by atoms with Crippen LogP contribution in [0.2, 0.25) is 0 Å². The van der Waals surface area contributed by atoms with Gasteiger partial charge in [0.05, 0.1) is 6.26 Å². The summed E-state index contributed by atoms with van der Waals surface area (Å²) in [6, 6.07) is 13.1. The average molecular weight is 270 g/mol. The molecule has 0 aliphatic rings. The highest BCUT2D eigenvalue weighted by atomic mass is 16.5. The minimum absolute atomic E-state index is 0.350. The number of anilines is 1. The lowest BCUT2D eigenvalue weighted by molar-refractivity contribution is 0.289. The fourth-order valence-corrected chi connectivity index (χ4v) is 1.79. The van der Waals surface area contributed by atoms with Gasteiger partial charge in [0, 0.05) is 18.8 Å². The van der Waals surface area contributed by atoms with Gasteiger partial charge in [0.1, 0.15) is 18.1 Å². The Bertz CT molecular complexity index is 657. The van der Waals surface area contributed by atoms with Crippen LogP contribution in [-0.2, 0) is 6.61 Å². The summed E-state index contributed by atoms with van der Waals surface area (Å²) < 4.78 is 16.1. The third-order valence-corrected chi connectivity index (χ3v) is 2.85. The van der Waals surface area contributed by atoms with E-state index in [-0.39, 0.29) is 0 Å². The molecule has 20 heavy (non-hydrogen) atoms. The Kier molecular flexibility index (Phi) is 3.41. The molecular weight excluding hydrogens is 256 g/mol. The van der Waals surface area contributed by atoms with E-state index >= 15 is 0 Å². The standard InChI is InChI=1S/C15H14N2O3/c1-16-11-4-6-13(7-5-11)19-10-12-9-15(20-17-12)14-3-2-8-18-14/h2-9,16H,10H2,1H3. The fourth-order valence-electron chi connectivity index (χ4n) is 1.79. The Balaban J connectivity index is 1.63. The Hall–Kier alpha value is -2.69. The van der Waals surface area contributed by atoms with Gasteiger partial charge in [-0.25, -0.2) is 0 Å². The smallest absolute Gasteiger partial charge is 0.202 e. The monoisotopic (exact) mass is 270 g/mol. The van der Waals surface area contributed by atoms with Gasteiger partial charge in [-0.2, -0.15) is 0 Å². The van der Waals surface area contributed by atoms with Crippen LogP contribution in [0.25, 0.3) is 11.5 Å². The maximum absolute atomic E-state index is 5.64. The lowest BCUT2D eigenvalue weighted by Crippen LogP contribution is -1.95. The van der Waals surface area contributed by atoms with Crippen molar-refractivity contribution in [3.05, 3.63) is 54.4 Å². The number of nitrogens with one attached hydrogen (secondary N) is 1. The van der Waals surface area contributed by atoms with Crippen molar-refractivity contribution >= 4 is 5.69 Å². The van der Waals surface area contributed by atoms with Gasteiger partial charge in [0.2, 0.25) is 5.76 Å². The molecule has 5 nitrogen and oxygen atoms in total. The number of ether oxygens (including phenoxy) is 1. The summed E-state index contributed by atoms with van der Waals surface area (Å²) in [5.74, 6) is 2.04. The van der Waals surface area contributed by atoms with E-state index in [0.717, 1.165) is 11.4 Å². The Morgan fingerprint density at radius 2 is 2.00 bits per heavy atom. The first-order valence-corrected chi connectivity index (χ1v) is 6.25. The summed E-state index contributed by atoms with van der Waals surface area (Å²) in [7, 11) is 1.88. The van der Waals surface area contributed by atoms with Crippen molar-refractivity contribution in [2.75, 3.05) is 12.4 Å². The van der Waals surface area contributed by atoms with Crippen molar-refractivity contribution < 1.29 is 13.7 Å². The van der Waals surface area contributed by atoms with E-state index in [1.807, 2.05) is 37.4 Å². The molecule has 0 bridgehead atoms. The van der Waals surface area contributed by atoms with Crippen LogP contribution in [0, 0.1) is 0 Å². The van der Waals surface area contributed by atoms with Crippen LogP contribution < -0.4 is 10.1 Å². The molecule has 102 valence electrons. The molecule has 0 saturated carbocycles. The second-order valence-electron chi connectivity index (χ2n) is 4.22. The predicted molar refractivity (Wildman–Crippen MR) is 74.5 cm³/mol. The van der Waals surface area contributed by atoms with Gasteiger partial charge >= 0.3 is 0 Å². The number of aromatic nitrogens is 1. The van der Waals surface area contributed by atoms with E-state index < -0.39 is 0 Å². The van der Waals surface area contributed by atoms with E-state index in [9.17, 15) is 0 Å². The molecule has 1 N–H and O–H groups in total. The molecule has 2 aromatic heterocycles. The van der Waals surface area contributed by atoms with Gasteiger partial charge in [0.15, 0.2) is 5.76 Å². The van der Waals surface area contributed by atoms with E-state index in [1.54, 1.807) is 18.4 Å². The Morgan fingerprint density at radius 3 is 2.70 bits per heavy atom. The van der Waals surface area contributed by atoms with Gasteiger partial charge in [-0.05, 0) is 36.4 Å². The number of benzene rings is 1. The predicted octanol–water partition coefficient (Wildman–Crippen LogP) is 3.56. The molecule has 0 amide bonds. The van der Waals surface area contributed by atoms with E-state index in [2.05, 4.69) is 10.5 Å². The maximum Gasteiger partial charge on any atom is 0.202 e. The first-order chi connectivity index (χ1) is 9.85. The minimum Gasteiger partial charge on any atom is -0.487 e. The maximum atomic E-state index is 5.64. The molecule has 0 aliphatic carbocycles. The lowest BCUT2D eigenvalue weighted by Gasteiger charge is -2.04. The van der Waals surface area contributed by atoms with E-state index in [1.165, 1.54) is 0 Å². The summed E-state index contributed by atoms with van der Waals surface area (Å²) in [5, 5.41) is 7.00. The Labute approximate surface area is 116 Å². The van der Waals surface area contributed by atoms with Crippen molar-refractivity contribution in [2.45, 2.75) is 6.61 Å². The normalized spacial score (nSPS) is 10.4. The van der Waals surface area contributed by atoms with Crippen LogP contribution >= 0.6 is 0 Å². The minimum atomic E-state index is 0.350. The number of hydrogen-bond donors (Lipinski definition) is 1. The SMILES string of the molecule is CNc1ccc(OCc2cc(-c3ccco3)on2)cc1. The van der Waals surface area contributed by atoms with Gasteiger partial charge in [-0.1, -0.05) is 5.16 Å². The number of furan rings is 1. The molecule has 0 fully saturated rings. The highest BCUT2D eigenvalue weighted by Gasteiger charge is 2.09. The molecule has 5 heteroatoms. The molecular formula is C15H14N2O3. The van der Waals surface area contributed by atoms with Crippen LogP contribution in [-0.4, -0.2) is 12.2 Å². The molecule has 2 heterocycles. The lowest BCUT2D eigenvalue weighted by atomic mass is 10.3. The fraction of sp³-hybridized carbons (Fsp3) is 0.133. The number of hydrogen-bond acceptors (Lipinski definition) is 5. The van der Waals surface area contributed by atoms with Crippen molar-refractivity contribution in [1.82, 2.24) is 5.16 Å². The molecule has 0 spiro atoms. The summed E-state index contributed by atoms with van der Waals surface area (Å²) in [5.41, 5.74) is 1.76. The molecule has 3 aromatic rings. The van der Waals surface area contributed by atoms with Crippen LogP contribution in [0.5, 0.6) is 5.75 Å². The second kappa shape index (κ2) is 5.52. The summed E-state index contributed by atoms with van der Waals surface area (Å²) in [6.45, 7) is 0.350. The van der Waals surface area contributed by atoms with Gasteiger partial charge in [0.25, 0.3) is 0 Å². The zero-order valence-electron chi connectivity index (χ0n) is 11.0. The molecule has 0 saturated heterocycles. The summed E-state index contributed by atoms with van der Waals surface area (Å²) in [4.78, 5) is 0. The molecule has 0 radical (unpaired) electrons. The van der Waals surface area contributed by atoms with Gasteiger partial charge in [-0.15, -0.1) is 0 Å². The van der Waals surface area contributed by atoms with Crippen LogP contribution in [0.3, 0.4) is 0 Å². The van der Waals surface area contributed by atoms with Gasteiger partial charge < -0.3 is 19.0 Å². The molecule has 0 atom stereocenters. The topological polar surface area (TPSA) is 60.4 Å². The van der Waals surface area contributed by atoms with Crippen LogP contribution in [0.15, 0.2) is 57.7 Å². The van der Waals surface area contributed by atoms with Crippen molar-refractivity contribution in [3.8, 4) is 17.3 Å². The van der Waals surface area contributed by atoms with Crippen LogP contribution in [0.4, 0.5) is 5.69 Å². The Morgan fingerprint density at radius 1 is 1.15 bits per heavy atom. The second-order valence-corrected chi connectivity index (χ2v) is 4.22.